The van der Waals surface area contributed by atoms with Crippen molar-refractivity contribution < 1.29 is 19.0 Å². The molecule has 0 radical (unpaired) electrons. The third-order valence-corrected chi connectivity index (χ3v) is 3.88. The maximum atomic E-state index is 13.6. The molecular formula is C15H21FN2O3. The van der Waals surface area contributed by atoms with E-state index in [9.17, 15) is 14.3 Å². The van der Waals surface area contributed by atoms with Crippen molar-refractivity contribution in [3.8, 4) is 5.75 Å². The van der Waals surface area contributed by atoms with Gasteiger partial charge < -0.3 is 20.1 Å². The van der Waals surface area contributed by atoms with E-state index in [-0.39, 0.29) is 23.8 Å². The van der Waals surface area contributed by atoms with Gasteiger partial charge in [0.05, 0.1) is 13.2 Å². The lowest BCUT2D eigenvalue weighted by atomic mass is 10.1. The smallest absolute Gasteiger partial charge is 0.321 e. The summed E-state index contributed by atoms with van der Waals surface area (Å²) < 4.78 is 18.4. The van der Waals surface area contributed by atoms with E-state index in [1.54, 1.807) is 13.1 Å². The van der Waals surface area contributed by atoms with Gasteiger partial charge in [-0.1, -0.05) is 6.42 Å². The van der Waals surface area contributed by atoms with Crippen LogP contribution in [0.15, 0.2) is 18.2 Å². The van der Waals surface area contributed by atoms with E-state index >= 15 is 0 Å². The van der Waals surface area contributed by atoms with Crippen LogP contribution in [-0.4, -0.2) is 42.8 Å². The number of urea groups is 1. The van der Waals surface area contributed by atoms with Gasteiger partial charge in [0, 0.05) is 31.3 Å². The minimum Gasteiger partial charge on any atom is -0.494 e. The minimum atomic E-state index is -0.524. The molecule has 0 aliphatic heterocycles. The number of carbonyl (C=O) groups is 1. The van der Waals surface area contributed by atoms with Gasteiger partial charge in [0.15, 0.2) is 11.6 Å². The van der Waals surface area contributed by atoms with E-state index < -0.39 is 5.82 Å². The summed E-state index contributed by atoms with van der Waals surface area (Å²) in [6, 6.07) is 3.94. The molecule has 2 N–H and O–H groups in total. The van der Waals surface area contributed by atoms with Crippen LogP contribution in [0.25, 0.3) is 0 Å². The Balaban J connectivity index is 1.92. The number of hydrogen-bond donors (Lipinski definition) is 2. The first-order valence-electron chi connectivity index (χ1n) is 7.05. The summed E-state index contributed by atoms with van der Waals surface area (Å²) in [6.07, 6.45) is 2.38. The number of amides is 2. The fourth-order valence-corrected chi connectivity index (χ4v) is 2.63. The largest absolute Gasteiger partial charge is 0.494 e. The van der Waals surface area contributed by atoms with E-state index in [1.165, 1.54) is 24.1 Å². The molecule has 2 amide bonds. The Labute approximate surface area is 123 Å². The van der Waals surface area contributed by atoms with Crippen molar-refractivity contribution in [3.63, 3.8) is 0 Å². The van der Waals surface area contributed by atoms with E-state index in [0.29, 0.717) is 12.2 Å². The Bertz CT molecular complexity index is 510. The van der Waals surface area contributed by atoms with E-state index in [4.69, 9.17) is 4.74 Å². The fourth-order valence-electron chi connectivity index (χ4n) is 2.63. The SMILES string of the molecule is COc1ccc(NC(=O)N(C)CC2CCCC2O)cc1F. The summed E-state index contributed by atoms with van der Waals surface area (Å²) >= 11 is 0. The predicted molar refractivity (Wildman–Crippen MR) is 77.9 cm³/mol. The number of anilines is 1. The molecule has 0 saturated heterocycles. The van der Waals surface area contributed by atoms with Crippen LogP contribution < -0.4 is 10.1 Å². The Hall–Kier alpha value is -1.82. The second-order valence-corrected chi connectivity index (χ2v) is 5.42. The summed E-state index contributed by atoms with van der Waals surface area (Å²) in [4.78, 5) is 13.6. The number of rotatable bonds is 4. The molecule has 1 aliphatic rings. The summed E-state index contributed by atoms with van der Waals surface area (Å²) in [5.41, 5.74) is 0.372. The van der Waals surface area contributed by atoms with Crippen molar-refractivity contribution in [2.24, 2.45) is 5.92 Å². The molecule has 0 bridgehead atoms. The number of hydrogen-bond acceptors (Lipinski definition) is 3. The standard InChI is InChI=1S/C15H21FN2O3/c1-18(9-10-4-3-5-13(10)19)15(20)17-11-6-7-14(21-2)12(16)8-11/h6-8,10,13,19H,3-5,9H2,1-2H3,(H,17,20). The van der Waals surface area contributed by atoms with Gasteiger partial charge in [-0.3, -0.25) is 0 Å². The lowest BCUT2D eigenvalue weighted by molar-refractivity contribution is 0.116. The molecule has 2 unspecified atom stereocenters. The summed E-state index contributed by atoms with van der Waals surface area (Å²) in [7, 11) is 3.05. The van der Waals surface area contributed by atoms with E-state index in [0.717, 1.165) is 19.3 Å². The first-order chi connectivity index (χ1) is 10.0. The average molecular weight is 296 g/mol. The van der Waals surface area contributed by atoms with Gasteiger partial charge in [-0.2, -0.15) is 0 Å². The maximum Gasteiger partial charge on any atom is 0.321 e. The van der Waals surface area contributed by atoms with Crippen LogP contribution in [0.3, 0.4) is 0 Å². The van der Waals surface area contributed by atoms with Crippen LogP contribution in [-0.2, 0) is 0 Å². The molecule has 0 spiro atoms. The van der Waals surface area contributed by atoms with Crippen molar-refractivity contribution >= 4 is 11.7 Å². The van der Waals surface area contributed by atoms with Gasteiger partial charge in [0.25, 0.3) is 0 Å². The summed E-state index contributed by atoms with van der Waals surface area (Å²) in [5.74, 6) is -0.270. The molecule has 1 fully saturated rings. The monoisotopic (exact) mass is 296 g/mol. The second kappa shape index (κ2) is 6.76. The number of halogens is 1. The number of benzene rings is 1. The molecule has 6 heteroatoms. The Kier molecular flexibility index (Phi) is 5.01. The highest BCUT2D eigenvalue weighted by atomic mass is 19.1. The zero-order valence-electron chi connectivity index (χ0n) is 12.3. The number of carbonyl (C=O) groups excluding carboxylic acids is 1. The average Bonchev–Trinajstić information content (AvgIpc) is 2.84. The van der Waals surface area contributed by atoms with Crippen LogP contribution in [0, 0.1) is 11.7 Å². The van der Waals surface area contributed by atoms with Gasteiger partial charge in [0.2, 0.25) is 0 Å². The Morgan fingerprint density at radius 3 is 2.86 bits per heavy atom. The second-order valence-electron chi connectivity index (χ2n) is 5.42. The summed E-state index contributed by atoms with van der Waals surface area (Å²) in [6.45, 7) is 0.492. The third-order valence-electron chi connectivity index (χ3n) is 3.88. The first-order valence-corrected chi connectivity index (χ1v) is 7.05. The topological polar surface area (TPSA) is 61.8 Å². The molecule has 2 rings (SSSR count). The zero-order chi connectivity index (χ0) is 15.4. The van der Waals surface area contributed by atoms with Gasteiger partial charge in [-0.05, 0) is 25.0 Å². The Morgan fingerprint density at radius 2 is 2.29 bits per heavy atom. The van der Waals surface area contributed by atoms with Gasteiger partial charge in [0.1, 0.15) is 0 Å². The fraction of sp³-hybridized carbons (Fsp3) is 0.533. The van der Waals surface area contributed by atoms with Crippen molar-refractivity contribution in [2.45, 2.75) is 25.4 Å². The lowest BCUT2D eigenvalue weighted by Gasteiger charge is -2.23. The molecule has 116 valence electrons. The predicted octanol–water partition coefficient (Wildman–Crippen LogP) is 2.46. The number of aliphatic hydroxyl groups excluding tert-OH is 1. The number of nitrogens with zero attached hydrogens (tertiary/aromatic N) is 1. The van der Waals surface area contributed by atoms with Crippen molar-refractivity contribution in [1.82, 2.24) is 4.90 Å². The van der Waals surface area contributed by atoms with Crippen LogP contribution in [0.2, 0.25) is 0 Å². The zero-order valence-corrected chi connectivity index (χ0v) is 12.3. The highest BCUT2D eigenvalue weighted by Gasteiger charge is 2.27. The molecule has 21 heavy (non-hydrogen) atoms. The van der Waals surface area contributed by atoms with Crippen LogP contribution in [0.1, 0.15) is 19.3 Å². The molecule has 5 nitrogen and oxygen atoms in total. The van der Waals surface area contributed by atoms with Gasteiger partial charge in [-0.15, -0.1) is 0 Å². The van der Waals surface area contributed by atoms with Crippen LogP contribution >= 0.6 is 0 Å². The highest BCUT2D eigenvalue weighted by molar-refractivity contribution is 5.89. The number of ether oxygens (including phenoxy) is 1. The number of nitrogens with one attached hydrogen (secondary N) is 1. The lowest BCUT2D eigenvalue weighted by Crippen LogP contribution is -2.37. The molecular weight excluding hydrogens is 275 g/mol. The number of aliphatic hydroxyl groups is 1. The highest BCUT2D eigenvalue weighted by Crippen LogP contribution is 2.26. The molecule has 1 saturated carbocycles. The Morgan fingerprint density at radius 1 is 1.52 bits per heavy atom. The third kappa shape index (κ3) is 3.85. The van der Waals surface area contributed by atoms with Gasteiger partial charge >= 0.3 is 6.03 Å². The van der Waals surface area contributed by atoms with Crippen molar-refractivity contribution in [3.05, 3.63) is 24.0 Å². The van der Waals surface area contributed by atoms with E-state index in [2.05, 4.69) is 5.32 Å². The van der Waals surface area contributed by atoms with Gasteiger partial charge in [-0.25, -0.2) is 9.18 Å². The maximum absolute atomic E-state index is 13.6. The van der Waals surface area contributed by atoms with E-state index in [1.807, 2.05) is 0 Å². The van der Waals surface area contributed by atoms with Crippen LogP contribution in [0.5, 0.6) is 5.75 Å². The first kappa shape index (κ1) is 15.6. The molecule has 1 aliphatic carbocycles. The molecule has 0 heterocycles. The molecule has 2 atom stereocenters. The molecule has 1 aromatic rings. The molecule has 1 aromatic carbocycles. The van der Waals surface area contributed by atoms with Crippen molar-refractivity contribution in [1.29, 1.82) is 0 Å². The van der Waals surface area contributed by atoms with Crippen LogP contribution in [0.4, 0.5) is 14.9 Å². The van der Waals surface area contributed by atoms with Crippen molar-refractivity contribution in [2.75, 3.05) is 26.0 Å². The number of methoxy groups -OCH3 is 1. The quantitative estimate of drug-likeness (QED) is 0.897. The molecule has 0 aromatic heterocycles. The normalized spacial score (nSPS) is 21.1. The summed E-state index contributed by atoms with van der Waals surface area (Å²) in [5, 5.41) is 12.4. The minimum absolute atomic E-state index is 0.119.